The van der Waals surface area contributed by atoms with Gasteiger partial charge in [-0.3, -0.25) is 0 Å². The summed E-state index contributed by atoms with van der Waals surface area (Å²) in [5.74, 6) is -0.349. The molecule has 1 saturated heterocycles. The molecular formula is C13H21NO4. The lowest BCUT2D eigenvalue weighted by atomic mass is 10.2. The number of hydrogen-bond donors (Lipinski definition) is 0. The Morgan fingerprint density at radius 2 is 2.06 bits per heavy atom. The highest BCUT2D eigenvalue weighted by atomic mass is 16.6. The molecule has 0 unspecified atom stereocenters. The molecule has 1 fully saturated rings. The molecule has 1 aliphatic rings. The Hall–Kier alpha value is -1.52. The molecule has 0 aromatic carbocycles. The summed E-state index contributed by atoms with van der Waals surface area (Å²) >= 11 is 0. The molecule has 0 atom stereocenters. The van der Waals surface area contributed by atoms with E-state index in [2.05, 4.69) is 0 Å². The normalized spacial score (nSPS) is 18.0. The van der Waals surface area contributed by atoms with Gasteiger partial charge in [-0.05, 0) is 39.7 Å². The SMILES string of the molecule is CCOC(=O)/C=C1\CCN(C(=O)OC(C)(C)C)C1. The number of hydrogen-bond acceptors (Lipinski definition) is 4. The Balaban J connectivity index is 2.51. The van der Waals surface area contributed by atoms with Crippen molar-refractivity contribution in [2.45, 2.75) is 39.7 Å². The molecule has 0 saturated carbocycles. The average molecular weight is 255 g/mol. The van der Waals surface area contributed by atoms with Crippen molar-refractivity contribution in [2.75, 3.05) is 19.7 Å². The third kappa shape index (κ3) is 4.77. The lowest BCUT2D eigenvalue weighted by Gasteiger charge is -2.23. The van der Waals surface area contributed by atoms with E-state index in [0.29, 0.717) is 26.1 Å². The monoisotopic (exact) mass is 255 g/mol. The number of likely N-dealkylation sites (tertiary alicyclic amines) is 1. The van der Waals surface area contributed by atoms with Crippen molar-refractivity contribution in [1.29, 1.82) is 0 Å². The third-order valence-corrected chi connectivity index (χ3v) is 2.36. The van der Waals surface area contributed by atoms with Crippen molar-refractivity contribution in [3.63, 3.8) is 0 Å². The zero-order valence-corrected chi connectivity index (χ0v) is 11.5. The van der Waals surface area contributed by atoms with E-state index < -0.39 is 5.60 Å². The van der Waals surface area contributed by atoms with Gasteiger partial charge in [0.25, 0.3) is 0 Å². The first-order valence-corrected chi connectivity index (χ1v) is 6.16. The van der Waals surface area contributed by atoms with Crippen molar-refractivity contribution < 1.29 is 19.1 Å². The van der Waals surface area contributed by atoms with Crippen LogP contribution in [0.1, 0.15) is 34.1 Å². The molecule has 1 heterocycles. The second-order valence-electron chi connectivity index (χ2n) is 5.21. The molecular weight excluding hydrogens is 234 g/mol. The van der Waals surface area contributed by atoms with Crippen LogP contribution in [0.5, 0.6) is 0 Å². The number of nitrogens with zero attached hydrogens (tertiary/aromatic N) is 1. The molecule has 1 rings (SSSR count). The highest BCUT2D eigenvalue weighted by Crippen LogP contribution is 2.18. The Labute approximate surface area is 108 Å². The van der Waals surface area contributed by atoms with Gasteiger partial charge in [0.2, 0.25) is 0 Å². The van der Waals surface area contributed by atoms with E-state index in [4.69, 9.17) is 9.47 Å². The van der Waals surface area contributed by atoms with Gasteiger partial charge in [0.1, 0.15) is 5.60 Å². The second-order valence-corrected chi connectivity index (χ2v) is 5.21. The predicted molar refractivity (Wildman–Crippen MR) is 67.1 cm³/mol. The first kappa shape index (κ1) is 14.5. The second kappa shape index (κ2) is 5.89. The quantitative estimate of drug-likeness (QED) is 0.560. The summed E-state index contributed by atoms with van der Waals surface area (Å²) in [7, 11) is 0. The van der Waals surface area contributed by atoms with Gasteiger partial charge in [0.15, 0.2) is 0 Å². The largest absolute Gasteiger partial charge is 0.463 e. The highest BCUT2D eigenvalue weighted by Gasteiger charge is 2.26. The zero-order chi connectivity index (χ0) is 13.8. The van der Waals surface area contributed by atoms with E-state index in [0.717, 1.165) is 5.57 Å². The lowest BCUT2D eigenvalue weighted by Crippen LogP contribution is -2.34. The van der Waals surface area contributed by atoms with Crippen LogP contribution >= 0.6 is 0 Å². The lowest BCUT2D eigenvalue weighted by molar-refractivity contribution is -0.137. The van der Waals surface area contributed by atoms with Gasteiger partial charge >= 0.3 is 12.1 Å². The number of esters is 1. The minimum atomic E-state index is -0.495. The Kier molecular flexibility index (Phi) is 4.76. The molecule has 0 aromatic heterocycles. The predicted octanol–water partition coefficient (Wildman–Crippen LogP) is 2.12. The standard InChI is InChI=1S/C13H21NO4/c1-5-17-11(15)8-10-6-7-14(9-10)12(16)18-13(2,3)4/h8H,5-7,9H2,1-4H3/b10-8+. The summed E-state index contributed by atoms with van der Waals surface area (Å²) in [5, 5.41) is 0. The van der Waals surface area contributed by atoms with Crippen molar-refractivity contribution in [3.8, 4) is 0 Å². The van der Waals surface area contributed by atoms with Crippen molar-refractivity contribution in [2.24, 2.45) is 0 Å². The van der Waals surface area contributed by atoms with Gasteiger partial charge < -0.3 is 14.4 Å². The molecule has 5 nitrogen and oxygen atoms in total. The summed E-state index contributed by atoms with van der Waals surface area (Å²) in [4.78, 5) is 24.6. The molecule has 0 N–H and O–H groups in total. The Morgan fingerprint density at radius 3 is 2.61 bits per heavy atom. The fourth-order valence-electron chi connectivity index (χ4n) is 1.63. The van der Waals surface area contributed by atoms with Crippen LogP contribution in [0.25, 0.3) is 0 Å². The van der Waals surface area contributed by atoms with Crippen LogP contribution in [-0.2, 0) is 14.3 Å². The smallest absolute Gasteiger partial charge is 0.410 e. The van der Waals surface area contributed by atoms with Gasteiger partial charge in [-0.15, -0.1) is 0 Å². The van der Waals surface area contributed by atoms with E-state index in [-0.39, 0.29) is 12.1 Å². The summed E-state index contributed by atoms with van der Waals surface area (Å²) in [6.45, 7) is 8.63. The van der Waals surface area contributed by atoms with Crippen LogP contribution in [0.4, 0.5) is 4.79 Å². The maximum atomic E-state index is 11.8. The summed E-state index contributed by atoms with van der Waals surface area (Å²) < 4.78 is 10.1. The zero-order valence-electron chi connectivity index (χ0n) is 11.5. The molecule has 0 aliphatic carbocycles. The van der Waals surface area contributed by atoms with Gasteiger partial charge in [0.05, 0.1) is 6.61 Å². The number of carbonyl (C=O) groups is 2. The molecule has 0 radical (unpaired) electrons. The first-order chi connectivity index (χ1) is 8.31. The fraction of sp³-hybridized carbons (Fsp3) is 0.692. The first-order valence-electron chi connectivity index (χ1n) is 6.16. The van der Waals surface area contributed by atoms with Gasteiger partial charge in [-0.2, -0.15) is 0 Å². The van der Waals surface area contributed by atoms with E-state index in [1.807, 2.05) is 20.8 Å². The summed E-state index contributed by atoms with van der Waals surface area (Å²) in [6, 6.07) is 0. The van der Waals surface area contributed by atoms with Crippen LogP contribution in [0.3, 0.4) is 0 Å². The average Bonchev–Trinajstić information content (AvgIpc) is 2.63. The molecule has 1 aliphatic heterocycles. The number of amides is 1. The molecule has 5 heteroatoms. The molecule has 18 heavy (non-hydrogen) atoms. The van der Waals surface area contributed by atoms with Crippen LogP contribution in [0, 0.1) is 0 Å². The van der Waals surface area contributed by atoms with Crippen molar-refractivity contribution in [3.05, 3.63) is 11.6 Å². The Bertz CT molecular complexity index is 354. The number of carbonyl (C=O) groups excluding carboxylic acids is 2. The topological polar surface area (TPSA) is 55.8 Å². The fourth-order valence-corrected chi connectivity index (χ4v) is 1.63. The van der Waals surface area contributed by atoms with E-state index in [9.17, 15) is 9.59 Å². The van der Waals surface area contributed by atoms with E-state index in [1.165, 1.54) is 6.08 Å². The van der Waals surface area contributed by atoms with Crippen LogP contribution in [0.2, 0.25) is 0 Å². The molecule has 0 aromatic rings. The van der Waals surface area contributed by atoms with E-state index >= 15 is 0 Å². The summed E-state index contributed by atoms with van der Waals surface area (Å²) in [6.07, 6.45) is 1.82. The maximum absolute atomic E-state index is 11.8. The number of ether oxygens (including phenoxy) is 2. The third-order valence-electron chi connectivity index (χ3n) is 2.36. The molecule has 1 amide bonds. The molecule has 102 valence electrons. The minimum Gasteiger partial charge on any atom is -0.463 e. The van der Waals surface area contributed by atoms with Crippen LogP contribution < -0.4 is 0 Å². The molecule has 0 bridgehead atoms. The van der Waals surface area contributed by atoms with Crippen LogP contribution in [-0.4, -0.2) is 42.3 Å². The van der Waals surface area contributed by atoms with Crippen molar-refractivity contribution in [1.82, 2.24) is 4.90 Å². The Morgan fingerprint density at radius 1 is 1.39 bits per heavy atom. The van der Waals surface area contributed by atoms with Gasteiger partial charge in [-0.25, -0.2) is 9.59 Å². The minimum absolute atomic E-state index is 0.338. The highest BCUT2D eigenvalue weighted by molar-refractivity contribution is 5.83. The molecule has 0 spiro atoms. The maximum Gasteiger partial charge on any atom is 0.410 e. The van der Waals surface area contributed by atoms with Gasteiger partial charge in [0, 0.05) is 19.2 Å². The van der Waals surface area contributed by atoms with E-state index in [1.54, 1.807) is 11.8 Å². The summed E-state index contributed by atoms with van der Waals surface area (Å²) in [5.41, 5.74) is 0.407. The van der Waals surface area contributed by atoms with Gasteiger partial charge in [-0.1, -0.05) is 0 Å². The number of rotatable bonds is 2. The van der Waals surface area contributed by atoms with Crippen LogP contribution in [0.15, 0.2) is 11.6 Å². The van der Waals surface area contributed by atoms with Crippen molar-refractivity contribution >= 4 is 12.1 Å².